The average Bonchev–Trinajstić information content (AvgIpc) is 2.64. The molecule has 0 fully saturated rings. The van der Waals surface area contributed by atoms with Crippen LogP contribution in [0.2, 0.25) is 0 Å². The molecule has 0 aliphatic heterocycles. The standard InChI is InChI=1S/C10H10N4O/c11-9(15)3-1-2-7-4-8-6-13-14-10(8)12-5-7/h1-2,4-6H,3H2,(H2,11,15)(H,12,13,14). The summed E-state index contributed by atoms with van der Waals surface area (Å²) in [5, 5.41) is 7.57. The number of carbonyl (C=O) groups is 1. The minimum atomic E-state index is -0.344. The molecule has 0 radical (unpaired) electrons. The van der Waals surface area contributed by atoms with Crippen LogP contribution in [0.1, 0.15) is 12.0 Å². The molecule has 0 saturated carbocycles. The third-order valence-electron chi connectivity index (χ3n) is 1.94. The Bertz CT molecular complexity index is 515. The predicted molar refractivity (Wildman–Crippen MR) is 56.7 cm³/mol. The van der Waals surface area contributed by atoms with Crippen LogP contribution in [-0.2, 0) is 4.79 Å². The van der Waals surface area contributed by atoms with Crippen molar-refractivity contribution in [3.63, 3.8) is 0 Å². The topological polar surface area (TPSA) is 84.7 Å². The van der Waals surface area contributed by atoms with Crippen molar-refractivity contribution in [3.8, 4) is 0 Å². The molecule has 2 aromatic heterocycles. The SMILES string of the molecule is NC(=O)CC=Cc1cnc2[nH]ncc2c1. The summed E-state index contributed by atoms with van der Waals surface area (Å²) < 4.78 is 0. The van der Waals surface area contributed by atoms with Gasteiger partial charge in [0.1, 0.15) is 0 Å². The van der Waals surface area contributed by atoms with Gasteiger partial charge in [0, 0.05) is 18.0 Å². The van der Waals surface area contributed by atoms with Gasteiger partial charge in [-0.3, -0.25) is 9.89 Å². The van der Waals surface area contributed by atoms with Gasteiger partial charge in [-0.15, -0.1) is 0 Å². The van der Waals surface area contributed by atoms with Gasteiger partial charge < -0.3 is 5.73 Å². The van der Waals surface area contributed by atoms with Crippen LogP contribution in [0.4, 0.5) is 0 Å². The summed E-state index contributed by atoms with van der Waals surface area (Å²) in [4.78, 5) is 14.7. The second kappa shape index (κ2) is 3.91. The Balaban J connectivity index is 2.21. The van der Waals surface area contributed by atoms with Crippen LogP contribution in [0.5, 0.6) is 0 Å². The largest absolute Gasteiger partial charge is 0.369 e. The highest BCUT2D eigenvalue weighted by atomic mass is 16.1. The van der Waals surface area contributed by atoms with Gasteiger partial charge >= 0.3 is 0 Å². The number of aromatic nitrogens is 3. The molecular weight excluding hydrogens is 192 g/mol. The molecular formula is C10H10N4O. The van der Waals surface area contributed by atoms with Crippen LogP contribution in [0.15, 0.2) is 24.5 Å². The van der Waals surface area contributed by atoms with Crippen molar-refractivity contribution in [2.24, 2.45) is 5.73 Å². The van der Waals surface area contributed by atoms with Crippen molar-refractivity contribution >= 4 is 23.0 Å². The first-order valence-electron chi connectivity index (χ1n) is 4.49. The molecule has 0 aliphatic carbocycles. The highest BCUT2D eigenvalue weighted by Crippen LogP contribution is 2.10. The molecule has 0 spiro atoms. The van der Waals surface area contributed by atoms with Crippen molar-refractivity contribution in [1.29, 1.82) is 0 Å². The minimum absolute atomic E-state index is 0.240. The molecule has 15 heavy (non-hydrogen) atoms. The molecule has 5 heteroatoms. The van der Waals surface area contributed by atoms with Gasteiger partial charge in [0.2, 0.25) is 5.91 Å². The molecule has 0 atom stereocenters. The molecule has 0 unspecified atom stereocenters. The fourth-order valence-electron chi connectivity index (χ4n) is 1.26. The number of rotatable bonds is 3. The molecule has 3 N–H and O–H groups in total. The van der Waals surface area contributed by atoms with E-state index in [0.717, 1.165) is 16.6 Å². The van der Waals surface area contributed by atoms with Crippen LogP contribution in [0.25, 0.3) is 17.1 Å². The lowest BCUT2D eigenvalue weighted by atomic mass is 10.2. The summed E-state index contributed by atoms with van der Waals surface area (Å²) in [6.07, 6.45) is 7.17. The Kier molecular flexibility index (Phi) is 2.45. The van der Waals surface area contributed by atoms with E-state index in [0.29, 0.717) is 0 Å². The van der Waals surface area contributed by atoms with E-state index in [1.807, 2.05) is 12.1 Å². The van der Waals surface area contributed by atoms with Crippen molar-refractivity contribution in [3.05, 3.63) is 30.1 Å². The van der Waals surface area contributed by atoms with Gasteiger partial charge in [0.15, 0.2) is 5.65 Å². The Morgan fingerprint density at radius 3 is 3.20 bits per heavy atom. The zero-order chi connectivity index (χ0) is 10.7. The quantitative estimate of drug-likeness (QED) is 0.773. The number of amides is 1. The van der Waals surface area contributed by atoms with E-state index in [4.69, 9.17) is 5.73 Å². The minimum Gasteiger partial charge on any atom is -0.369 e. The van der Waals surface area contributed by atoms with Crippen molar-refractivity contribution < 1.29 is 4.79 Å². The number of H-pyrrole nitrogens is 1. The smallest absolute Gasteiger partial charge is 0.221 e. The molecule has 2 aromatic rings. The highest BCUT2D eigenvalue weighted by Gasteiger charge is 1.96. The van der Waals surface area contributed by atoms with Gasteiger partial charge in [-0.05, 0) is 11.6 Å². The zero-order valence-electron chi connectivity index (χ0n) is 7.97. The van der Waals surface area contributed by atoms with Gasteiger partial charge in [0.25, 0.3) is 0 Å². The lowest BCUT2D eigenvalue weighted by Crippen LogP contribution is -2.07. The summed E-state index contributed by atoms with van der Waals surface area (Å²) in [5.74, 6) is -0.344. The van der Waals surface area contributed by atoms with Gasteiger partial charge in [0.05, 0.1) is 6.20 Å². The summed E-state index contributed by atoms with van der Waals surface area (Å²) >= 11 is 0. The molecule has 0 aliphatic rings. The number of hydrogen-bond donors (Lipinski definition) is 2. The first kappa shape index (κ1) is 9.39. The average molecular weight is 202 g/mol. The Morgan fingerprint density at radius 2 is 2.40 bits per heavy atom. The number of nitrogens with zero attached hydrogens (tertiary/aromatic N) is 2. The van der Waals surface area contributed by atoms with Crippen molar-refractivity contribution in [2.45, 2.75) is 6.42 Å². The second-order valence-corrected chi connectivity index (χ2v) is 3.15. The Morgan fingerprint density at radius 1 is 1.53 bits per heavy atom. The van der Waals surface area contributed by atoms with Crippen molar-refractivity contribution in [1.82, 2.24) is 15.2 Å². The molecule has 5 nitrogen and oxygen atoms in total. The van der Waals surface area contributed by atoms with Crippen LogP contribution in [-0.4, -0.2) is 21.1 Å². The fourth-order valence-corrected chi connectivity index (χ4v) is 1.26. The highest BCUT2D eigenvalue weighted by molar-refractivity contribution is 5.78. The zero-order valence-corrected chi connectivity index (χ0v) is 7.97. The first-order chi connectivity index (χ1) is 7.25. The summed E-state index contributed by atoms with van der Waals surface area (Å²) in [7, 11) is 0. The van der Waals surface area contributed by atoms with Gasteiger partial charge in [-0.1, -0.05) is 12.2 Å². The van der Waals surface area contributed by atoms with Gasteiger partial charge in [-0.25, -0.2) is 4.98 Å². The van der Waals surface area contributed by atoms with E-state index in [2.05, 4.69) is 15.2 Å². The normalized spacial score (nSPS) is 11.2. The number of pyridine rings is 1. The fraction of sp³-hybridized carbons (Fsp3) is 0.100. The molecule has 0 saturated heterocycles. The van der Waals surface area contributed by atoms with Gasteiger partial charge in [-0.2, -0.15) is 5.10 Å². The number of aromatic amines is 1. The van der Waals surface area contributed by atoms with E-state index >= 15 is 0 Å². The molecule has 2 rings (SSSR count). The number of fused-ring (bicyclic) bond motifs is 1. The molecule has 0 bridgehead atoms. The first-order valence-corrected chi connectivity index (χ1v) is 4.49. The molecule has 0 aromatic carbocycles. The molecule has 76 valence electrons. The number of carbonyl (C=O) groups excluding carboxylic acids is 1. The van der Waals surface area contributed by atoms with E-state index in [1.54, 1.807) is 18.5 Å². The molecule has 1 amide bonds. The van der Waals surface area contributed by atoms with E-state index in [-0.39, 0.29) is 12.3 Å². The van der Waals surface area contributed by atoms with Crippen molar-refractivity contribution in [2.75, 3.05) is 0 Å². The Labute approximate surface area is 86.0 Å². The maximum atomic E-state index is 10.5. The van der Waals surface area contributed by atoms with E-state index in [9.17, 15) is 4.79 Å². The van der Waals surface area contributed by atoms with Crippen LogP contribution >= 0.6 is 0 Å². The second-order valence-electron chi connectivity index (χ2n) is 3.15. The number of nitrogens with one attached hydrogen (secondary N) is 1. The number of primary amides is 1. The van der Waals surface area contributed by atoms with E-state index < -0.39 is 0 Å². The number of nitrogens with two attached hydrogens (primary N) is 1. The number of hydrogen-bond acceptors (Lipinski definition) is 3. The Hall–Kier alpha value is -2.17. The lowest BCUT2D eigenvalue weighted by Gasteiger charge is -1.92. The predicted octanol–water partition coefficient (Wildman–Crippen LogP) is 0.846. The maximum Gasteiger partial charge on any atom is 0.221 e. The van der Waals surface area contributed by atoms with Crippen LogP contribution in [0.3, 0.4) is 0 Å². The third kappa shape index (κ3) is 2.19. The third-order valence-corrected chi connectivity index (χ3v) is 1.94. The summed E-state index contributed by atoms with van der Waals surface area (Å²) in [6, 6.07) is 1.93. The van der Waals surface area contributed by atoms with Crippen LogP contribution in [0, 0.1) is 0 Å². The van der Waals surface area contributed by atoms with Crippen LogP contribution < -0.4 is 5.73 Å². The monoisotopic (exact) mass is 202 g/mol. The lowest BCUT2D eigenvalue weighted by molar-refractivity contribution is -0.117. The molecule has 2 heterocycles. The maximum absolute atomic E-state index is 10.5. The van der Waals surface area contributed by atoms with E-state index in [1.165, 1.54) is 0 Å². The summed E-state index contributed by atoms with van der Waals surface area (Å²) in [6.45, 7) is 0. The summed E-state index contributed by atoms with van der Waals surface area (Å²) in [5.41, 5.74) is 6.68.